The highest BCUT2D eigenvalue weighted by molar-refractivity contribution is 6.00. The molecule has 0 aliphatic heterocycles. The number of alkyl carbamates (subject to hydrolysis) is 1. The van der Waals surface area contributed by atoms with Crippen LogP contribution in [-0.2, 0) is 9.53 Å². The van der Waals surface area contributed by atoms with Crippen molar-refractivity contribution in [3.8, 4) is 11.1 Å². The van der Waals surface area contributed by atoms with Gasteiger partial charge in [-0.3, -0.25) is 4.79 Å². The number of hydrogen-bond donors (Lipinski definition) is 3. The molecular formula is C27H25FN2O5. The summed E-state index contributed by atoms with van der Waals surface area (Å²) in [5.41, 5.74) is 3.81. The summed E-state index contributed by atoms with van der Waals surface area (Å²) >= 11 is 0. The third-order valence-electron chi connectivity index (χ3n) is 6.01. The van der Waals surface area contributed by atoms with Crippen LogP contribution in [0.1, 0.15) is 47.2 Å². The second-order valence-corrected chi connectivity index (χ2v) is 8.43. The Balaban J connectivity index is 1.27. The van der Waals surface area contributed by atoms with Crippen molar-refractivity contribution >= 4 is 23.7 Å². The molecule has 3 aromatic rings. The van der Waals surface area contributed by atoms with Gasteiger partial charge >= 0.3 is 12.1 Å². The smallest absolute Gasteiger partial charge is 0.407 e. The Morgan fingerprint density at radius 2 is 1.60 bits per heavy atom. The molecule has 7 nitrogen and oxygen atoms in total. The molecule has 1 aliphatic rings. The van der Waals surface area contributed by atoms with Crippen LogP contribution in [0.4, 0.5) is 14.9 Å². The Morgan fingerprint density at radius 1 is 0.971 bits per heavy atom. The van der Waals surface area contributed by atoms with E-state index in [1.165, 1.54) is 12.1 Å². The molecule has 2 amide bonds. The van der Waals surface area contributed by atoms with E-state index in [1.54, 1.807) is 6.92 Å². The van der Waals surface area contributed by atoms with Gasteiger partial charge in [-0.1, -0.05) is 54.6 Å². The van der Waals surface area contributed by atoms with E-state index in [4.69, 9.17) is 9.84 Å². The van der Waals surface area contributed by atoms with Gasteiger partial charge in [0.2, 0.25) is 5.91 Å². The van der Waals surface area contributed by atoms with Gasteiger partial charge < -0.3 is 20.5 Å². The van der Waals surface area contributed by atoms with Crippen LogP contribution < -0.4 is 10.6 Å². The van der Waals surface area contributed by atoms with Gasteiger partial charge in [-0.05, 0) is 47.7 Å². The average Bonchev–Trinajstić information content (AvgIpc) is 3.15. The molecule has 3 N–H and O–H groups in total. The zero-order valence-electron chi connectivity index (χ0n) is 19.1. The van der Waals surface area contributed by atoms with Crippen LogP contribution in [0.15, 0.2) is 66.7 Å². The van der Waals surface area contributed by atoms with Gasteiger partial charge in [-0.2, -0.15) is 0 Å². The maximum absolute atomic E-state index is 13.8. The summed E-state index contributed by atoms with van der Waals surface area (Å²) in [6, 6.07) is 19.4. The lowest BCUT2D eigenvalue weighted by molar-refractivity contribution is -0.116. The summed E-state index contributed by atoms with van der Waals surface area (Å²) in [6.45, 7) is 1.92. The monoisotopic (exact) mass is 476 g/mol. The topological polar surface area (TPSA) is 105 Å². The van der Waals surface area contributed by atoms with E-state index in [0.717, 1.165) is 28.3 Å². The first-order valence-electron chi connectivity index (χ1n) is 11.3. The van der Waals surface area contributed by atoms with Gasteiger partial charge in [-0.15, -0.1) is 0 Å². The molecule has 0 spiro atoms. The minimum absolute atomic E-state index is 0.000392. The van der Waals surface area contributed by atoms with E-state index in [2.05, 4.69) is 22.8 Å². The highest BCUT2D eigenvalue weighted by Gasteiger charge is 2.29. The molecule has 0 saturated carbocycles. The summed E-state index contributed by atoms with van der Waals surface area (Å²) in [5.74, 6) is -2.94. The molecular weight excluding hydrogens is 451 g/mol. The third kappa shape index (κ3) is 5.32. The summed E-state index contributed by atoms with van der Waals surface area (Å²) in [6.07, 6.45) is -0.299. The number of carbonyl (C=O) groups excluding carboxylic acids is 2. The molecule has 35 heavy (non-hydrogen) atoms. The first-order chi connectivity index (χ1) is 16.8. The number of benzene rings is 3. The van der Waals surface area contributed by atoms with Gasteiger partial charge in [0.1, 0.15) is 18.0 Å². The van der Waals surface area contributed by atoms with E-state index < -0.39 is 29.4 Å². The predicted octanol–water partition coefficient (Wildman–Crippen LogP) is 5.17. The Labute approximate surface area is 201 Å². The molecule has 4 rings (SSSR count). The Hall–Kier alpha value is -4.20. The van der Waals surface area contributed by atoms with Crippen LogP contribution >= 0.6 is 0 Å². The molecule has 3 aromatic carbocycles. The number of carbonyl (C=O) groups is 3. The average molecular weight is 477 g/mol. The Morgan fingerprint density at radius 3 is 2.23 bits per heavy atom. The molecule has 0 heterocycles. The second kappa shape index (κ2) is 10.4. The number of carboxylic acids is 1. The lowest BCUT2D eigenvalue weighted by Gasteiger charge is -2.17. The van der Waals surface area contributed by atoms with Crippen LogP contribution in [-0.4, -0.2) is 35.7 Å². The molecule has 0 aromatic heterocycles. The quantitative estimate of drug-likeness (QED) is 0.416. The normalized spacial score (nSPS) is 12.9. The minimum atomic E-state index is -1.47. The van der Waals surface area contributed by atoms with Crippen LogP contribution in [0.25, 0.3) is 11.1 Å². The van der Waals surface area contributed by atoms with Gasteiger partial charge in [0.15, 0.2) is 0 Å². The molecule has 0 bridgehead atoms. The van der Waals surface area contributed by atoms with Crippen molar-refractivity contribution in [3.05, 3.63) is 89.2 Å². The largest absolute Gasteiger partial charge is 0.478 e. The number of aromatic carboxylic acids is 1. The summed E-state index contributed by atoms with van der Waals surface area (Å²) in [5, 5.41) is 14.3. The van der Waals surface area contributed by atoms with Crippen molar-refractivity contribution in [2.45, 2.75) is 31.7 Å². The van der Waals surface area contributed by atoms with Crippen LogP contribution in [0, 0.1) is 5.82 Å². The summed E-state index contributed by atoms with van der Waals surface area (Å²) < 4.78 is 19.3. The van der Waals surface area contributed by atoms with Crippen LogP contribution in [0.5, 0.6) is 0 Å². The first kappa shape index (κ1) is 23.9. The van der Waals surface area contributed by atoms with E-state index in [9.17, 15) is 18.8 Å². The van der Waals surface area contributed by atoms with Crippen molar-refractivity contribution in [2.24, 2.45) is 0 Å². The summed E-state index contributed by atoms with van der Waals surface area (Å²) in [7, 11) is 0. The maximum atomic E-state index is 13.8. The number of nitrogens with one attached hydrogen (secondary N) is 2. The van der Waals surface area contributed by atoms with Gasteiger partial charge in [-0.25, -0.2) is 14.0 Å². The van der Waals surface area contributed by atoms with Crippen molar-refractivity contribution in [1.82, 2.24) is 5.32 Å². The molecule has 0 fully saturated rings. The van der Waals surface area contributed by atoms with Gasteiger partial charge in [0, 0.05) is 18.4 Å². The third-order valence-corrected chi connectivity index (χ3v) is 6.01. The SMILES string of the molecule is CC(CCC(=O)Nc1cccc(F)c1C(=O)O)NC(=O)OCC1c2ccccc2-c2ccccc21. The lowest BCUT2D eigenvalue weighted by Crippen LogP contribution is -2.34. The van der Waals surface area contributed by atoms with E-state index >= 15 is 0 Å². The zero-order valence-corrected chi connectivity index (χ0v) is 19.1. The predicted molar refractivity (Wildman–Crippen MR) is 129 cm³/mol. The number of anilines is 1. The van der Waals surface area contributed by atoms with Crippen LogP contribution in [0.2, 0.25) is 0 Å². The number of fused-ring (bicyclic) bond motifs is 3. The molecule has 1 aliphatic carbocycles. The number of rotatable bonds is 8. The maximum Gasteiger partial charge on any atom is 0.407 e. The van der Waals surface area contributed by atoms with Crippen molar-refractivity contribution < 1.29 is 28.6 Å². The number of hydrogen-bond acceptors (Lipinski definition) is 4. The van der Waals surface area contributed by atoms with Gasteiger partial charge in [0.25, 0.3) is 0 Å². The van der Waals surface area contributed by atoms with Crippen molar-refractivity contribution in [1.29, 1.82) is 0 Å². The zero-order chi connectivity index (χ0) is 24.9. The molecule has 180 valence electrons. The second-order valence-electron chi connectivity index (χ2n) is 8.43. The molecule has 1 atom stereocenters. The Kier molecular flexibility index (Phi) is 7.10. The van der Waals surface area contributed by atoms with E-state index in [1.807, 2.05) is 36.4 Å². The van der Waals surface area contributed by atoms with E-state index in [-0.39, 0.29) is 37.1 Å². The highest BCUT2D eigenvalue weighted by atomic mass is 19.1. The van der Waals surface area contributed by atoms with Crippen molar-refractivity contribution in [3.63, 3.8) is 0 Å². The summed E-state index contributed by atoms with van der Waals surface area (Å²) in [4.78, 5) is 35.9. The molecule has 8 heteroatoms. The molecule has 0 radical (unpaired) electrons. The fourth-order valence-electron chi connectivity index (χ4n) is 4.32. The van der Waals surface area contributed by atoms with Gasteiger partial charge in [0.05, 0.1) is 5.69 Å². The standard InChI is InChI=1S/C27H25FN2O5/c1-16(13-14-24(31)30-23-12-6-11-22(28)25(23)26(32)33)29-27(34)35-15-21-19-9-4-2-7-17(19)18-8-3-5-10-20(18)21/h2-12,16,21H,13-15H2,1H3,(H,29,34)(H,30,31)(H,32,33). The van der Waals surface area contributed by atoms with E-state index in [0.29, 0.717) is 0 Å². The fourth-order valence-corrected chi connectivity index (χ4v) is 4.32. The lowest BCUT2D eigenvalue weighted by atomic mass is 9.98. The highest BCUT2D eigenvalue weighted by Crippen LogP contribution is 2.44. The Bertz CT molecular complexity index is 1230. The first-order valence-corrected chi connectivity index (χ1v) is 11.3. The minimum Gasteiger partial charge on any atom is -0.478 e. The number of carboxylic acid groups (broad SMARTS) is 1. The number of amides is 2. The molecule has 1 unspecified atom stereocenters. The number of halogens is 1. The number of ether oxygens (including phenoxy) is 1. The molecule has 0 saturated heterocycles. The van der Waals surface area contributed by atoms with Crippen molar-refractivity contribution in [2.75, 3.05) is 11.9 Å². The van der Waals surface area contributed by atoms with Crippen LogP contribution in [0.3, 0.4) is 0 Å². The fraction of sp³-hybridized carbons (Fsp3) is 0.222.